The molecule has 8 nitrogen and oxygen atoms in total. The van der Waals surface area contributed by atoms with Gasteiger partial charge in [0.2, 0.25) is 5.96 Å². The molecule has 1 aromatic rings. The number of rotatable bonds is 2. The lowest BCUT2D eigenvalue weighted by atomic mass is 9.84. The molecule has 0 fully saturated rings. The molecule has 0 aliphatic carbocycles. The Balaban J connectivity index is 2.19. The average molecular weight is 381 g/mol. The van der Waals surface area contributed by atoms with Gasteiger partial charge in [0.1, 0.15) is 17.4 Å². The number of benzene rings is 1. The van der Waals surface area contributed by atoms with Crippen molar-refractivity contribution in [1.29, 1.82) is 10.5 Å². The summed E-state index contributed by atoms with van der Waals surface area (Å²) in [5.74, 6) is 0.579. The number of aliphatic imine (C=N–C) groups is 1. The van der Waals surface area contributed by atoms with Crippen molar-refractivity contribution in [1.82, 2.24) is 10.2 Å². The van der Waals surface area contributed by atoms with E-state index in [1.54, 1.807) is 18.2 Å². The summed E-state index contributed by atoms with van der Waals surface area (Å²) >= 11 is 0. The molecule has 2 heterocycles. The number of ether oxygens (including phenoxy) is 2. The second-order valence-corrected chi connectivity index (χ2v) is 8.16. The highest BCUT2D eigenvalue weighted by molar-refractivity contribution is 5.84. The van der Waals surface area contributed by atoms with Gasteiger partial charge < -0.3 is 14.4 Å². The number of hydrogen-bond acceptors (Lipinski definition) is 8. The van der Waals surface area contributed by atoms with Gasteiger partial charge in [-0.05, 0) is 45.9 Å². The van der Waals surface area contributed by atoms with Crippen LogP contribution in [0.15, 0.2) is 23.2 Å². The fraction of sp³-hybridized carbons (Fsp3) is 0.500. The number of hydrogen-bond donors (Lipinski definition) is 1. The predicted octanol–water partition coefficient (Wildman–Crippen LogP) is 2.22. The molecular formula is C20H23N5O3. The summed E-state index contributed by atoms with van der Waals surface area (Å²) in [5.41, 5.74) is -0.0780. The third-order valence-electron chi connectivity index (χ3n) is 4.84. The van der Waals surface area contributed by atoms with Gasteiger partial charge in [-0.2, -0.15) is 10.5 Å². The van der Waals surface area contributed by atoms with E-state index in [2.05, 4.69) is 16.4 Å². The minimum absolute atomic E-state index is 0.403. The van der Waals surface area contributed by atoms with Crippen molar-refractivity contribution < 1.29 is 14.3 Å². The van der Waals surface area contributed by atoms with Crippen LogP contribution in [0.3, 0.4) is 0 Å². The van der Waals surface area contributed by atoms with Crippen molar-refractivity contribution in [3.63, 3.8) is 0 Å². The fourth-order valence-electron chi connectivity index (χ4n) is 3.80. The van der Waals surface area contributed by atoms with E-state index in [0.29, 0.717) is 23.8 Å². The monoisotopic (exact) mass is 381 g/mol. The van der Waals surface area contributed by atoms with Crippen LogP contribution in [0.2, 0.25) is 0 Å². The average Bonchev–Trinajstić information content (AvgIpc) is 2.89. The van der Waals surface area contributed by atoms with Crippen LogP contribution in [-0.2, 0) is 9.53 Å². The summed E-state index contributed by atoms with van der Waals surface area (Å²) in [6.45, 7) is 9.49. The molecule has 0 saturated heterocycles. The maximum atomic E-state index is 11.9. The number of carbonyl (C=O) groups is 1. The van der Waals surface area contributed by atoms with Crippen molar-refractivity contribution >= 4 is 11.9 Å². The predicted molar refractivity (Wildman–Crippen MR) is 101 cm³/mol. The third-order valence-corrected chi connectivity index (χ3v) is 4.84. The van der Waals surface area contributed by atoms with Gasteiger partial charge in [-0.25, -0.2) is 4.99 Å². The summed E-state index contributed by atoms with van der Waals surface area (Å²) in [6.07, 6.45) is 1.25. The van der Waals surface area contributed by atoms with Crippen molar-refractivity contribution in [2.24, 2.45) is 4.99 Å². The summed E-state index contributed by atoms with van der Waals surface area (Å²) in [6, 6.07) is 6.84. The van der Waals surface area contributed by atoms with E-state index in [-0.39, 0.29) is 0 Å². The van der Waals surface area contributed by atoms with Gasteiger partial charge in [-0.3, -0.25) is 10.1 Å². The molecule has 0 unspecified atom stereocenters. The summed E-state index contributed by atoms with van der Waals surface area (Å²) in [7, 11) is 0. The molecule has 0 bridgehead atoms. The van der Waals surface area contributed by atoms with Crippen molar-refractivity contribution in [3.05, 3.63) is 29.3 Å². The van der Waals surface area contributed by atoms with E-state index in [0.717, 1.165) is 5.56 Å². The Hall–Kier alpha value is -3.26. The van der Waals surface area contributed by atoms with Crippen LogP contribution < -0.4 is 10.1 Å². The quantitative estimate of drug-likeness (QED) is 0.475. The van der Waals surface area contributed by atoms with Gasteiger partial charge in [0.05, 0.1) is 17.2 Å². The molecule has 0 saturated carbocycles. The van der Waals surface area contributed by atoms with Gasteiger partial charge in [0.15, 0.2) is 12.3 Å². The van der Waals surface area contributed by atoms with Crippen LogP contribution in [-0.4, -0.2) is 40.6 Å². The molecule has 0 spiro atoms. The molecule has 2 aliphatic heterocycles. The van der Waals surface area contributed by atoms with Crippen LogP contribution in [0, 0.1) is 22.8 Å². The van der Waals surface area contributed by atoms with Gasteiger partial charge in [-0.1, -0.05) is 0 Å². The Morgan fingerprint density at radius 2 is 2.07 bits per heavy atom. The Morgan fingerprint density at radius 1 is 1.36 bits per heavy atom. The van der Waals surface area contributed by atoms with Crippen molar-refractivity contribution in [2.75, 3.05) is 6.54 Å². The molecule has 2 atom stereocenters. The lowest BCUT2D eigenvalue weighted by Gasteiger charge is -2.47. The highest BCUT2D eigenvalue weighted by Gasteiger charge is 2.51. The zero-order valence-corrected chi connectivity index (χ0v) is 16.6. The first-order valence-corrected chi connectivity index (χ1v) is 9.00. The number of esters is 1. The zero-order chi connectivity index (χ0) is 20.7. The van der Waals surface area contributed by atoms with E-state index in [9.17, 15) is 15.3 Å². The molecule has 1 N–H and O–H groups in total. The number of nitriles is 2. The van der Waals surface area contributed by atoms with E-state index >= 15 is 0 Å². The van der Waals surface area contributed by atoms with Gasteiger partial charge in [0, 0.05) is 19.0 Å². The van der Waals surface area contributed by atoms with Crippen LogP contribution in [0.1, 0.15) is 51.8 Å². The van der Waals surface area contributed by atoms with E-state index in [4.69, 9.17) is 9.47 Å². The number of nitrogens with one attached hydrogen (secondary N) is 1. The summed E-state index contributed by atoms with van der Waals surface area (Å²) in [4.78, 5) is 18.4. The molecule has 0 radical (unpaired) electrons. The van der Waals surface area contributed by atoms with Gasteiger partial charge in [0.25, 0.3) is 0 Å². The van der Waals surface area contributed by atoms with Crippen molar-refractivity contribution in [3.8, 4) is 18.0 Å². The summed E-state index contributed by atoms with van der Waals surface area (Å²) in [5, 5.41) is 21.2. The second-order valence-electron chi connectivity index (χ2n) is 8.16. The number of fused-ring (bicyclic) bond motifs is 1. The molecule has 2 aliphatic rings. The molecule has 8 heteroatoms. The standard InChI is InChI=1S/C20H23N5O3/c1-12(26)27-17-16(25-10-19(2,3)24-18(25)23-11-22)14-8-13(9-21)6-7-15(14)28-20(17,4)5/h6-8,16-17H,10H2,1-5H3,(H,23,24)/t16-,17+/m0/s1. The first kappa shape index (κ1) is 19.5. The van der Waals surface area contributed by atoms with Gasteiger partial charge in [-0.15, -0.1) is 0 Å². The molecule has 146 valence electrons. The molecule has 3 rings (SSSR count). The van der Waals surface area contributed by atoms with E-state index in [1.807, 2.05) is 38.8 Å². The SMILES string of the molecule is CC(=O)O[C@@H]1[C@@H](N2CC(C)(C)N=C2NC#N)c2cc(C#N)ccc2OC1(C)C. The lowest BCUT2D eigenvalue weighted by molar-refractivity contribution is -0.166. The van der Waals surface area contributed by atoms with E-state index in [1.165, 1.54) is 6.92 Å². The van der Waals surface area contributed by atoms with Crippen molar-refractivity contribution in [2.45, 2.75) is 57.9 Å². The molecule has 0 aromatic heterocycles. The Morgan fingerprint density at radius 3 is 2.68 bits per heavy atom. The molecule has 28 heavy (non-hydrogen) atoms. The number of carbonyl (C=O) groups excluding carboxylic acids is 1. The zero-order valence-electron chi connectivity index (χ0n) is 16.6. The Labute approximate surface area is 164 Å². The summed E-state index contributed by atoms with van der Waals surface area (Å²) < 4.78 is 11.8. The number of nitrogens with zero attached hydrogens (tertiary/aromatic N) is 4. The fourth-order valence-corrected chi connectivity index (χ4v) is 3.80. The van der Waals surface area contributed by atoms with E-state index < -0.39 is 29.3 Å². The Kier molecular flexibility index (Phi) is 4.68. The van der Waals surface area contributed by atoms with Crippen LogP contribution in [0.5, 0.6) is 5.75 Å². The number of guanidine groups is 1. The van der Waals surface area contributed by atoms with Gasteiger partial charge >= 0.3 is 5.97 Å². The minimum Gasteiger partial charge on any atom is -0.484 e. The highest BCUT2D eigenvalue weighted by atomic mass is 16.6. The maximum absolute atomic E-state index is 11.9. The highest BCUT2D eigenvalue weighted by Crippen LogP contribution is 2.46. The van der Waals surface area contributed by atoms with Crippen LogP contribution in [0.4, 0.5) is 0 Å². The first-order chi connectivity index (χ1) is 13.1. The molecule has 0 amide bonds. The molecule has 1 aromatic carbocycles. The van der Waals surface area contributed by atoms with Crippen LogP contribution >= 0.6 is 0 Å². The second kappa shape index (κ2) is 6.72. The topological polar surface area (TPSA) is 111 Å². The smallest absolute Gasteiger partial charge is 0.303 e. The largest absolute Gasteiger partial charge is 0.484 e. The first-order valence-electron chi connectivity index (χ1n) is 9.00. The Bertz CT molecular complexity index is 923. The maximum Gasteiger partial charge on any atom is 0.303 e. The minimum atomic E-state index is -0.831. The third kappa shape index (κ3) is 3.46. The van der Waals surface area contributed by atoms with Crippen LogP contribution in [0.25, 0.3) is 0 Å². The normalized spacial score (nSPS) is 24.1. The molecular weight excluding hydrogens is 358 g/mol. The lowest BCUT2D eigenvalue weighted by Crippen LogP contribution is -2.57.